The van der Waals surface area contributed by atoms with Crippen LogP contribution < -0.4 is 10.1 Å². The number of aromatic amines is 1. The summed E-state index contributed by atoms with van der Waals surface area (Å²) in [5.41, 5.74) is 1.65. The first-order chi connectivity index (χ1) is 12.2. The number of benzene rings is 1. The minimum Gasteiger partial charge on any atom is -0.483 e. The van der Waals surface area contributed by atoms with Crippen molar-refractivity contribution < 1.29 is 9.53 Å². The minimum absolute atomic E-state index is 0.119. The fourth-order valence-corrected chi connectivity index (χ4v) is 2.09. The lowest BCUT2D eigenvalue weighted by Crippen LogP contribution is -2.21. The number of aliphatic imine (C=N–C) groups is 1. The second-order valence-electron chi connectivity index (χ2n) is 5.01. The number of hydrogen-bond donors (Lipinski definition) is 2. The first-order valence-corrected chi connectivity index (χ1v) is 7.87. The van der Waals surface area contributed by atoms with E-state index in [4.69, 9.17) is 4.74 Å². The van der Waals surface area contributed by atoms with Crippen molar-refractivity contribution >= 4 is 17.6 Å². The topological polar surface area (TPSA) is 92.3 Å². The molecule has 1 aromatic heterocycles. The summed E-state index contributed by atoms with van der Waals surface area (Å²) in [4.78, 5) is 20.3. The van der Waals surface area contributed by atoms with E-state index in [1.807, 2.05) is 31.2 Å². The lowest BCUT2D eigenvalue weighted by molar-refractivity contribution is -0.118. The number of aromatic nitrogens is 3. The highest BCUT2D eigenvalue weighted by Crippen LogP contribution is 2.18. The normalized spacial score (nSPS) is 11.5. The predicted octanol–water partition coefficient (Wildman–Crippen LogP) is 2.55. The van der Waals surface area contributed by atoms with E-state index >= 15 is 0 Å². The van der Waals surface area contributed by atoms with Crippen LogP contribution in [0, 0.1) is 0 Å². The summed E-state index contributed by atoms with van der Waals surface area (Å²) in [6.07, 6.45) is 5.95. The van der Waals surface area contributed by atoms with Crippen molar-refractivity contribution in [2.45, 2.75) is 13.3 Å². The number of H-pyrrole nitrogens is 1. The fourth-order valence-electron chi connectivity index (χ4n) is 2.09. The molecule has 0 atom stereocenters. The Kier molecular flexibility index (Phi) is 6.65. The predicted molar refractivity (Wildman–Crippen MR) is 98.1 cm³/mol. The maximum absolute atomic E-state index is 12.0. The standard InChI is InChI=1S/C18H21N5O2/c1-4-6-10-14(19-3)17-21-18(23-22-17)20-16(24)12-25-15-11-8-7-9-13(15)5-2/h4,6-11H,1,5,12H2,2-3H3,(H2,20,21,22,23,24)/b10-6-,19-14?. The van der Waals surface area contributed by atoms with Gasteiger partial charge >= 0.3 is 0 Å². The Balaban J connectivity index is 1.95. The number of nitrogens with zero attached hydrogens (tertiary/aromatic N) is 3. The molecule has 0 aliphatic rings. The lowest BCUT2D eigenvalue weighted by Gasteiger charge is -2.09. The van der Waals surface area contributed by atoms with Crippen LogP contribution in [0.3, 0.4) is 0 Å². The third-order valence-corrected chi connectivity index (χ3v) is 3.32. The number of anilines is 1. The number of para-hydroxylation sites is 1. The van der Waals surface area contributed by atoms with Crippen LogP contribution in [0.15, 0.2) is 54.1 Å². The smallest absolute Gasteiger partial charge is 0.264 e. The average molecular weight is 339 g/mol. The number of allylic oxidation sites excluding steroid dienone is 3. The lowest BCUT2D eigenvalue weighted by atomic mass is 10.1. The number of aryl methyl sites for hydroxylation is 1. The molecule has 0 fully saturated rings. The highest BCUT2D eigenvalue weighted by Gasteiger charge is 2.11. The maximum Gasteiger partial charge on any atom is 0.264 e. The van der Waals surface area contributed by atoms with E-state index in [-0.39, 0.29) is 18.5 Å². The van der Waals surface area contributed by atoms with Crippen LogP contribution in [-0.4, -0.2) is 40.5 Å². The largest absolute Gasteiger partial charge is 0.483 e. The van der Waals surface area contributed by atoms with Crippen LogP contribution in [0.25, 0.3) is 0 Å². The van der Waals surface area contributed by atoms with E-state index in [0.29, 0.717) is 17.3 Å². The summed E-state index contributed by atoms with van der Waals surface area (Å²) in [5, 5.41) is 9.28. The van der Waals surface area contributed by atoms with Gasteiger partial charge in [0.05, 0.1) is 0 Å². The van der Waals surface area contributed by atoms with Crippen molar-refractivity contribution in [3.05, 3.63) is 60.5 Å². The molecule has 25 heavy (non-hydrogen) atoms. The van der Waals surface area contributed by atoms with E-state index in [2.05, 4.69) is 32.1 Å². The van der Waals surface area contributed by atoms with Crippen LogP contribution in [0.5, 0.6) is 5.75 Å². The van der Waals surface area contributed by atoms with E-state index in [9.17, 15) is 4.79 Å². The zero-order valence-corrected chi connectivity index (χ0v) is 14.3. The molecule has 0 spiro atoms. The van der Waals surface area contributed by atoms with Gasteiger partial charge < -0.3 is 4.74 Å². The van der Waals surface area contributed by atoms with Gasteiger partial charge in [0.1, 0.15) is 11.5 Å². The molecule has 0 saturated carbocycles. The third-order valence-electron chi connectivity index (χ3n) is 3.32. The van der Waals surface area contributed by atoms with Gasteiger partial charge in [-0.3, -0.25) is 20.2 Å². The third kappa shape index (κ3) is 5.13. The van der Waals surface area contributed by atoms with E-state index in [0.717, 1.165) is 12.0 Å². The van der Waals surface area contributed by atoms with Gasteiger partial charge in [-0.2, -0.15) is 4.98 Å². The molecule has 1 heterocycles. The molecule has 0 radical (unpaired) electrons. The second-order valence-corrected chi connectivity index (χ2v) is 5.01. The molecule has 130 valence electrons. The van der Waals surface area contributed by atoms with Gasteiger partial charge in [0.25, 0.3) is 5.91 Å². The Morgan fingerprint density at radius 2 is 2.24 bits per heavy atom. The van der Waals surface area contributed by atoms with Gasteiger partial charge in [-0.1, -0.05) is 43.9 Å². The number of carbonyl (C=O) groups is 1. The molecule has 7 nitrogen and oxygen atoms in total. The molecule has 1 amide bonds. The number of nitrogens with one attached hydrogen (secondary N) is 2. The van der Waals surface area contributed by atoms with Crippen molar-refractivity contribution in [1.82, 2.24) is 15.2 Å². The van der Waals surface area contributed by atoms with Crippen molar-refractivity contribution in [3.63, 3.8) is 0 Å². The van der Waals surface area contributed by atoms with Gasteiger partial charge in [-0.05, 0) is 24.1 Å². The molecule has 2 aromatic rings. The van der Waals surface area contributed by atoms with Gasteiger partial charge in [0, 0.05) is 7.05 Å². The SMILES string of the molecule is C=C/C=C\C(=NC)c1nc(NC(=O)COc2ccccc2CC)n[nH]1. The molecular weight excluding hydrogens is 318 g/mol. The van der Waals surface area contributed by atoms with E-state index < -0.39 is 0 Å². The van der Waals surface area contributed by atoms with Crippen LogP contribution in [-0.2, 0) is 11.2 Å². The Labute approximate surface area is 146 Å². The fraction of sp³-hybridized carbons (Fsp3) is 0.222. The van der Waals surface area contributed by atoms with Crippen LogP contribution in [0.1, 0.15) is 18.3 Å². The number of amides is 1. The highest BCUT2D eigenvalue weighted by molar-refractivity contribution is 6.06. The summed E-state index contributed by atoms with van der Waals surface area (Å²) in [5.74, 6) is 0.979. The average Bonchev–Trinajstić information content (AvgIpc) is 3.09. The quantitative estimate of drug-likeness (QED) is 0.571. The molecule has 0 bridgehead atoms. The van der Waals surface area contributed by atoms with Gasteiger partial charge in [0.2, 0.25) is 5.95 Å². The zero-order chi connectivity index (χ0) is 18.1. The summed E-state index contributed by atoms with van der Waals surface area (Å²) < 4.78 is 5.57. The Morgan fingerprint density at radius 1 is 1.44 bits per heavy atom. The first kappa shape index (κ1) is 18.1. The molecule has 1 aromatic carbocycles. The van der Waals surface area contributed by atoms with Crippen LogP contribution >= 0.6 is 0 Å². The Morgan fingerprint density at radius 3 is 2.96 bits per heavy atom. The summed E-state index contributed by atoms with van der Waals surface area (Å²) in [6.45, 7) is 5.52. The molecule has 7 heteroatoms. The molecular formula is C18H21N5O2. The Hall–Kier alpha value is -3.22. The monoisotopic (exact) mass is 339 g/mol. The van der Waals surface area contributed by atoms with Gasteiger partial charge in [-0.15, -0.1) is 5.10 Å². The van der Waals surface area contributed by atoms with Crippen LogP contribution in [0.4, 0.5) is 5.95 Å². The number of carbonyl (C=O) groups excluding carboxylic acids is 1. The van der Waals surface area contributed by atoms with Crippen molar-refractivity contribution in [2.75, 3.05) is 19.0 Å². The summed E-state index contributed by atoms with van der Waals surface area (Å²) in [6, 6.07) is 7.62. The van der Waals surface area contributed by atoms with Crippen molar-refractivity contribution in [1.29, 1.82) is 0 Å². The second kappa shape index (κ2) is 9.17. The summed E-state index contributed by atoms with van der Waals surface area (Å²) in [7, 11) is 1.64. The summed E-state index contributed by atoms with van der Waals surface area (Å²) >= 11 is 0. The molecule has 0 aliphatic heterocycles. The van der Waals surface area contributed by atoms with Crippen molar-refractivity contribution in [2.24, 2.45) is 4.99 Å². The minimum atomic E-state index is -0.340. The van der Waals surface area contributed by atoms with Crippen molar-refractivity contribution in [3.8, 4) is 5.75 Å². The maximum atomic E-state index is 12.0. The molecule has 0 saturated heterocycles. The molecule has 2 rings (SSSR count). The Bertz CT molecular complexity index is 792. The molecule has 0 unspecified atom stereocenters. The number of ether oxygens (including phenoxy) is 1. The molecule has 2 N–H and O–H groups in total. The van der Waals surface area contributed by atoms with Crippen LogP contribution in [0.2, 0.25) is 0 Å². The van der Waals surface area contributed by atoms with Gasteiger partial charge in [0.15, 0.2) is 12.4 Å². The zero-order valence-electron chi connectivity index (χ0n) is 14.3. The van der Waals surface area contributed by atoms with Gasteiger partial charge in [-0.25, -0.2) is 0 Å². The molecule has 0 aliphatic carbocycles. The number of hydrogen-bond acceptors (Lipinski definition) is 5. The van der Waals surface area contributed by atoms with E-state index in [1.165, 1.54) is 0 Å². The first-order valence-electron chi connectivity index (χ1n) is 7.87. The highest BCUT2D eigenvalue weighted by atomic mass is 16.5. The van der Waals surface area contributed by atoms with E-state index in [1.54, 1.807) is 25.3 Å². The number of rotatable bonds is 8.